The Hall–Kier alpha value is -3.39. The van der Waals surface area contributed by atoms with Crippen molar-refractivity contribution in [3.05, 3.63) is 57.2 Å². The number of hydrogen-bond acceptors (Lipinski definition) is 5. The number of benzene rings is 2. The highest BCUT2D eigenvalue weighted by molar-refractivity contribution is 9.10. The van der Waals surface area contributed by atoms with Gasteiger partial charge in [-0.05, 0) is 62.1 Å². The van der Waals surface area contributed by atoms with Crippen molar-refractivity contribution in [1.82, 2.24) is 4.98 Å². The molecule has 0 aliphatic carbocycles. The smallest absolute Gasteiger partial charge is 0.300 e. The number of pyridine rings is 1. The highest BCUT2D eigenvalue weighted by Crippen LogP contribution is 2.38. The molecule has 3 aromatic rings. The summed E-state index contributed by atoms with van der Waals surface area (Å²) in [5.41, 5.74) is 11.3. The molecule has 0 bridgehead atoms. The molecule has 1 heterocycles. The van der Waals surface area contributed by atoms with E-state index in [1.165, 1.54) is 0 Å². The lowest BCUT2D eigenvalue weighted by Gasteiger charge is -2.19. The zero-order chi connectivity index (χ0) is 21.8. The Morgan fingerprint density at radius 3 is 2.70 bits per heavy atom. The first-order valence-electron chi connectivity index (χ1n) is 9.22. The van der Waals surface area contributed by atoms with Gasteiger partial charge >= 0.3 is 0 Å². The minimum absolute atomic E-state index is 0.230. The Bertz CT molecular complexity index is 1260. The van der Waals surface area contributed by atoms with E-state index in [0.717, 1.165) is 26.7 Å². The van der Waals surface area contributed by atoms with E-state index < -0.39 is 5.91 Å². The number of rotatable bonds is 4. The fraction of sp³-hybridized carbons (Fsp3) is 0.174. The zero-order valence-electron chi connectivity index (χ0n) is 16.9. The standard InChI is InChI=1S/C23H20BrN5O/c1-4-6-20(30)29-19-9-15(11-25)22-21(13(19)2)23(18(12-26)14(3)27-22)28-17-8-5-7-16(24)10-17/h5,7-10H,11,25H2,1-3H3,(H,27,28)(H,29,30). The fourth-order valence-electron chi connectivity index (χ4n) is 3.31. The van der Waals surface area contributed by atoms with Crippen molar-refractivity contribution in [2.24, 2.45) is 5.73 Å². The summed E-state index contributed by atoms with van der Waals surface area (Å²) in [6.45, 7) is 5.51. The largest absolute Gasteiger partial charge is 0.354 e. The van der Waals surface area contributed by atoms with Crippen LogP contribution in [0.2, 0.25) is 0 Å². The van der Waals surface area contributed by atoms with Gasteiger partial charge < -0.3 is 16.4 Å². The molecule has 0 radical (unpaired) electrons. The van der Waals surface area contributed by atoms with Gasteiger partial charge in [0.1, 0.15) is 6.07 Å². The minimum Gasteiger partial charge on any atom is -0.354 e. The molecule has 1 aromatic heterocycles. The first kappa shape index (κ1) is 21.3. The van der Waals surface area contributed by atoms with Crippen LogP contribution in [0.4, 0.5) is 17.1 Å². The van der Waals surface area contributed by atoms with Crippen molar-refractivity contribution in [2.75, 3.05) is 10.6 Å². The van der Waals surface area contributed by atoms with E-state index in [9.17, 15) is 10.1 Å². The lowest BCUT2D eigenvalue weighted by molar-refractivity contribution is -0.111. The molecule has 0 unspecified atom stereocenters. The van der Waals surface area contributed by atoms with Gasteiger partial charge in [-0.2, -0.15) is 5.26 Å². The third-order valence-corrected chi connectivity index (χ3v) is 5.19. The van der Waals surface area contributed by atoms with E-state index in [1.54, 1.807) is 13.8 Å². The summed E-state index contributed by atoms with van der Waals surface area (Å²) >= 11 is 3.47. The van der Waals surface area contributed by atoms with E-state index in [1.807, 2.05) is 37.3 Å². The van der Waals surface area contributed by atoms with E-state index in [0.29, 0.717) is 28.1 Å². The molecule has 30 heavy (non-hydrogen) atoms. The fourth-order valence-corrected chi connectivity index (χ4v) is 3.71. The van der Waals surface area contributed by atoms with Crippen LogP contribution in [0.3, 0.4) is 0 Å². The van der Waals surface area contributed by atoms with Crippen LogP contribution in [0, 0.1) is 37.0 Å². The maximum absolute atomic E-state index is 12.1. The van der Waals surface area contributed by atoms with Crippen molar-refractivity contribution in [3.8, 4) is 17.9 Å². The summed E-state index contributed by atoms with van der Waals surface area (Å²) in [7, 11) is 0. The highest BCUT2D eigenvalue weighted by Gasteiger charge is 2.20. The molecule has 150 valence electrons. The molecule has 1 amide bonds. The summed E-state index contributed by atoms with van der Waals surface area (Å²) in [6, 6.07) is 11.7. The van der Waals surface area contributed by atoms with Gasteiger partial charge in [0.25, 0.3) is 5.91 Å². The third-order valence-electron chi connectivity index (χ3n) is 4.69. The van der Waals surface area contributed by atoms with Crippen molar-refractivity contribution in [3.63, 3.8) is 0 Å². The summed E-state index contributed by atoms with van der Waals surface area (Å²) in [4.78, 5) is 16.7. The Labute approximate surface area is 183 Å². The second-order valence-corrected chi connectivity index (χ2v) is 7.58. The number of halogens is 1. The summed E-state index contributed by atoms with van der Waals surface area (Å²) < 4.78 is 0.909. The van der Waals surface area contributed by atoms with Crippen LogP contribution in [0.15, 0.2) is 34.8 Å². The molecule has 2 aromatic carbocycles. The second-order valence-electron chi connectivity index (χ2n) is 6.66. The van der Waals surface area contributed by atoms with Crippen molar-refractivity contribution in [2.45, 2.75) is 27.3 Å². The lowest BCUT2D eigenvalue weighted by atomic mass is 9.97. The van der Waals surface area contributed by atoms with Gasteiger partial charge in [-0.15, -0.1) is 0 Å². The molecule has 4 N–H and O–H groups in total. The number of amides is 1. The molecule has 6 nitrogen and oxygen atoms in total. The maximum Gasteiger partial charge on any atom is 0.300 e. The number of carbonyl (C=O) groups is 1. The molecular formula is C23H20BrN5O. The van der Waals surface area contributed by atoms with Crippen LogP contribution in [0.25, 0.3) is 10.9 Å². The van der Waals surface area contributed by atoms with Gasteiger partial charge in [-0.3, -0.25) is 9.78 Å². The Morgan fingerprint density at radius 1 is 1.30 bits per heavy atom. The molecule has 3 rings (SSSR count). The Balaban J connectivity index is 2.34. The first-order valence-corrected chi connectivity index (χ1v) is 10.0. The number of aromatic nitrogens is 1. The number of aryl methyl sites for hydroxylation is 2. The average Bonchev–Trinajstić information content (AvgIpc) is 2.70. The minimum atomic E-state index is -0.412. The van der Waals surface area contributed by atoms with E-state index in [2.05, 4.69) is 49.5 Å². The zero-order valence-corrected chi connectivity index (χ0v) is 18.4. The number of hydrogen-bond donors (Lipinski definition) is 3. The van der Waals surface area contributed by atoms with E-state index in [-0.39, 0.29) is 6.54 Å². The Kier molecular flexibility index (Phi) is 6.37. The predicted octanol–water partition coefficient (Wildman–Crippen LogP) is 4.65. The van der Waals surface area contributed by atoms with Gasteiger partial charge in [0.15, 0.2) is 0 Å². The molecule has 0 aliphatic rings. The SMILES string of the molecule is CC#CC(=O)Nc1cc(CN)c2nc(C)c(C#N)c(Nc3cccc(Br)c3)c2c1C. The van der Waals surface area contributed by atoms with Crippen molar-refractivity contribution >= 4 is 49.8 Å². The average molecular weight is 462 g/mol. The number of nitrogens with zero attached hydrogens (tertiary/aromatic N) is 2. The molecule has 0 fully saturated rings. The molecule has 0 saturated heterocycles. The number of anilines is 3. The molecule has 0 atom stereocenters. The van der Waals surface area contributed by atoms with Gasteiger partial charge in [0.05, 0.1) is 22.5 Å². The normalized spacial score (nSPS) is 10.1. The van der Waals surface area contributed by atoms with Gasteiger partial charge in [0.2, 0.25) is 0 Å². The Morgan fingerprint density at radius 2 is 2.07 bits per heavy atom. The number of nitrogens with two attached hydrogens (primary N) is 1. The second kappa shape index (κ2) is 8.96. The van der Waals surface area contributed by atoms with Crippen LogP contribution in [-0.2, 0) is 11.3 Å². The van der Waals surface area contributed by atoms with Crippen LogP contribution in [-0.4, -0.2) is 10.9 Å². The van der Waals surface area contributed by atoms with Crippen LogP contribution >= 0.6 is 15.9 Å². The van der Waals surface area contributed by atoms with E-state index >= 15 is 0 Å². The molecule has 0 saturated carbocycles. The maximum atomic E-state index is 12.1. The van der Waals surface area contributed by atoms with Gasteiger partial charge in [-0.25, -0.2) is 0 Å². The lowest BCUT2D eigenvalue weighted by Crippen LogP contribution is -2.12. The van der Waals surface area contributed by atoms with Crippen LogP contribution < -0.4 is 16.4 Å². The van der Waals surface area contributed by atoms with E-state index in [4.69, 9.17) is 5.73 Å². The van der Waals surface area contributed by atoms with Crippen LogP contribution in [0.5, 0.6) is 0 Å². The van der Waals surface area contributed by atoms with Crippen LogP contribution in [0.1, 0.15) is 29.3 Å². The quantitative estimate of drug-likeness (QED) is 0.490. The monoisotopic (exact) mass is 461 g/mol. The number of nitrogens with one attached hydrogen (secondary N) is 2. The molecular weight excluding hydrogens is 442 g/mol. The molecule has 0 aliphatic heterocycles. The summed E-state index contributed by atoms with van der Waals surface area (Å²) in [5.74, 6) is 4.66. The van der Waals surface area contributed by atoms with Gasteiger partial charge in [-0.1, -0.05) is 27.9 Å². The summed E-state index contributed by atoms with van der Waals surface area (Å²) in [6.07, 6.45) is 0. The van der Waals surface area contributed by atoms with Gasteiger partial charge in [0, 0.05) is 27.8 Å². The third kappa shape index (κ3) is 4.13. The topological polar surface area (TPSA) is 104 Å². The first-order chi connectivity index (χ1) is 14.4. The molecule has 7 heteroatoms. The number of nitriles is 1. The summed E-state index contributed by atoms with van der Waals surface area (Å²) in [5, 5.41) is 16.8. The van der Waals surface area contributed by atoms with Crippen molar-refractivity contribution in [1.29, 1.82) is 5.26 Å². The highest BCUT2D eigenvalue weighted by atomic mass is 79.9. The molecule has 0 spiro atoms. The predicted molar refractivity (Wildman–Crippen MR) is 123 cm³/mol. The number of carbonyl (C=O) groups excluding carboxylic acids is 1. The number of fused-ring (bicyclic) bond motifs is 1. The van der Waals surface area contributed by atoms with Crippen molar-refractivity contribution < 1.29 is 4.79 Å².